The molecule has 0 spiro atoms. The molecule has 0 aliphatic rings. The first-order valence-corrected chi connectivity index (χ1v) is 5.99. The van der Waals surface area contributed by atoms with Crippen LogP contribution in [0.5, 0.6) is 17.5 Å². The first-order valence-electron chi connectivity index (χ1n) is 5.99. The van der Waals surface area contributed by atoms with Gasteiger partial charge < -0.3 is 15.2 Å². The molecule has 2 rings (SSSR count). The van der Waals surface area contributed by atoms with Crippen LogP contribution in [0.15, 0.2) is 24.3 Å². The lowest BCUT2D eigenvalue weighted by Gasteiger charge is -2.10. The van der Waals surface area contributed by atoms with Crippen LogP contribution in [0.3, 0.4) is 0 Å². The zero-order chi connectivity index (χ0) is 13.8. The molecule has 0 atom stereocenters. The number of aromatic nitrogens is 2. The largest absolute Gasteiger partial charge is 0.493 e. The van der Waals surface area contributed by atoms with E-state index in [-0.39, 0.29) is 0 Å². The van der Waals surface area contributed by atoms with Crippen molar-refractivity contribution < 1.29 is 9.47 Å². The fourth-order valence-corrected chi connectivity index (χ4v) is 1.76. The maximum Gasteiger partial charge on any atom is 0.322 e. The Morgan fingerprint density at radius 1 is 1.05 bits per heavy atom. The Hall–Kier alpha value is -2.14. The summed E-state index contributed by atoms with van der Waals surface area (Å²) in [5, 5.41) is 0. The van der Waals surface area contributed by atoms with Crippen LogP contribution >= 0.6 is 0 Å². The molecule has 1 aromatic heterocycles. The van der Waals surface area contributed by atoms with Crippen LogP contribution in [0.2, 0.25) is 0 Å². The van der Waals surface area contributed by atoms with E-state index in [1.165, 1.54) is 0 Å². The van der Waals surface area contributed by atoms with E-state index in [2.05, 4.69) is 9.97 Å². The highest BCUT2D eigenvalue weighted by molar-refractivity contribution is 5.44. The van der Waals surface area contributed by atoms with Crippen molar-refractivity contribution in [3.63, 3.8) is 0 Å². The van der Waals surface area contributed by atoms with Crippen LogP contribution in [0.4, 0.5) is 0 Å². The summed E-state index contributed by atoms with van der Waals surface area (Å²) in [6, 6.07) is 7.75. The van der Waals surface area contributed by atoms with Crippen molar-refractivity contribution in [2.24, 2.45) is 5.73 Å². The van der Waals surface area contributed by atoms with E-state index in [9.17, 15) is 0 Å². The second kappa shape index (κ2) is 5.67. The number of rotatable bonds is 4. The van der Waals surface area contributed by atoms with Crippen LogP contribution in [0.25, 0.3) is 0 Å². The fourth-order valence-electron chi connectivity index (χ4n) is 1.76. The van der Waals surface area contributed by atoms with Crippen molar-refractivity contribution in [2.45, 2.75) is 20.4 Å². The highest BCUT2D eigenvalue weighted by Gasteiger charge is 2.09. The average Bonchev–Trinajstić information content (AvgIpc) is 2.38. The topological polar surface area (TPSA) is 70.3 Å². The SMILES string of the molecule is COc1cc(CN)ccc1Oc1nc(C)cc(C)n1. The molecule has 2 N–H and O–H groups in total. The molecule has 19 heavy (non-hydrogen) atoms. The van der Waals surface area contributed by atoms with Gasteiger partial charge in [-0.3, -0.25) is 0 Å². The molecule has 0 radical (unpaired) electrons. The molecule has 5 nitrogen and oxygen atoms in total. The van der Waals surface area contributed by atoms with E-state index in [4.69, 9.17) is 15.2 Å². The lowest BCUT2D eigenvalue weighted by molar-refractivity contribution is 0.366. The van der Waals surface area contributed by atoms with Crippen molar-refractivity contribution in [1.82, 2.24) is 9.97 Å². The monoisotopic (exact) mass is 259 g/mol. The van der Waals surface area contributed by atoms with Gasteiger partial charge in [-0.25, -0.2) is 9.97 Å². The number of nitrogens with zero attached hydrogens (tertiary/aromatic N) is 2. The summed E-state index contributed by atoms with van der Waals surface area (Å²) in [4.78, 5) is 8.47. The Labute approximate surface area is 112 Å². The first kappa shape index (κ1) is 13.3. The minimum Gasteiger partial charge on any atom is -0.493 e. The second-order valence-electron chi connectivity index (χ2n) is 4.22. The lowest BCUT2D eigenvalue weighted by atomic mass is 10.2. The third-order valence-corrected chi connectivity index (χ3v) is 2.63. The number of hydrogen-bond donors (Lipinski definition) is 1. The van der Waals surface area contributed by atoms with Crippen LogP contribution in [0, 0.1) is 13.8 Å². The molecule has 0 saturated carbocycles. The number of aryl methyl sites for hydroxylation is 2. The molecule has 0 unspecified atom stereocenters. The predicted octanol–water partition coefficient (Wildman–Crippen LogP) is 2.35. The van der Waals surface area contributed by atoms with Crippen molar-refractivity contribution in [1.29, 1.82) is 0 Å². The molecule has 0 aliphatic heterocycles. The van der Waals surface area contributed by atoms with Crippen LogP contribution in [0.1, 0.15) is 17.0 Å². The summed E-state index contributed by atoms with van der Waals surface area (Å²) in [5.74, 6) is 1.19. The van der Waals surface area contributed by atoms with Crippen molar-refractivity contribution in [3.05, 3.63) is 41.2 Å². The van der Waals surface area contributed by atoms with Gasteiger partial charge in [0.15, 0.2) is 11.5 Å². The Balaban J connectivity index is 2.32. The van der Waals surface area contributed by atoms with Gasteiger partial charge in [-0.05, 0) is 37.6 Å². The molecule has 0 amide bonds. The maximum atomic E-state index is 5.67. The number of nitrogens with two attached hydrogens (primary N) is 1. The van der Waals surface area contributed by atoms with E-state index < -0.39 is 0 Å². The quantitative estimate of drug-likeness (QED) is 0.912. The van der Waals surface area contributed by atoms with Gasteiger partial charge in [0, 0.05) is 17.9 Å². The number of benzene rings is 1. The molecule has 1 aromatic carbocycles. The molecule has 2 aromatic rings. The normalized spacial score (nSPS) is 10.3. The van der Waals surface area contributed by atoms with Crippen LogP contribution < -0.4 is 15.2 Å². The Morgan fingerprint density at radius 2 is 1.74 bits per heavy atom. The number of methoxy groups -OCH3 is 1. The molecule has 0 aliphatic carbocycles. The highest BCUT2D eigenvalue weighted by atomic mass is 16.5. The Kier molecular flexibility index (Phi) is 3.97. The summed E-state index contributed by atoms with van der Waals surface area (Å²) < 4.78 is 11.0. The molecular formula is C14H17N3O2. The Bertz CT molecular complexity index is 565. The number of ether oxygens (including phenoxy) is 2. The van der Waals surface area contributed by atoms with Crippen molar-refractivity contribution >= 4 is 0 Å². The van der Waals surface area contributed by atoms with E-state index >= 15 is 0 Å². The minimum atomic E-state index is 0.316. The summed E-state index contributed by atoms with van der Waals surface area (Å²) in [7, 11) is 1.59. The van der Waals surface area contributed by atoms with Gasteiger partial charge in [0.05, 0.1) is 7.11 Å². The summed E-state index contributed by atoms with van der Waals surface area (Å²) in [6.45, 7) is 4.25. The van der Waals surface area contributed by atoms with E-state index in [1.807, 2.05) is 38.1 Å². The van der Waals surface area contributed by atoms with Gasteiger partial charge in [0.1, 0.15) is 0 Å². The van der Waals surface area contributed by atoms with Gasteiger partial charge in [0.2, 0.25) is 0 Å². The molecular weight excluding hydrogens is 242 g/mol. The van der Waals surface area contributed by atoms with Gasteiger partial charge in [-0.2, -0.15) is 0 Å². The van der Waals surface area contributed by atoms with Crippen LogP contribution in [-0.2, 0) is 6.54 Å². The zero-order valence-corrected chi connectivity index (χ0v) is 11.3. The first-order chi connectivity index (χ1) is 9.12. The molecule has 1 heterocycles. The molecule has 100 valence electrons. The predicted molar refractivity (Wildman–Crippen MR) is 72.5 cm³/mol. The zero-order valence-electron chi connectivity index (χ0n) is 11.3. The molecule has 0 bridgehead atoms. The lowest BCUT2D eigenvalue weighted by Crippen LogP contribution is -2.00. The van der Waals surface area contributed by atoms with Gasteiger partial charge in [-0.1, -0.05) is 6.07 Å². The van der Waals surface area contributed by atoms with E-state index in [0.717, 1.165) is 17.0 Å². The smallest absolute Gasteiger partial charge is 0.322 e. The third kappa shape index (κ3) is 3.20. The summed E-state index contributed by atoms with van der Waals surface area (Å²) in [5.41, 5.74) is 8.29. The molecule has 0 saturated heterocycles. The summed E-state index contributed by atoms with van der Waals surface area (Å²) >= 11 is 0. The van der Waals surface area contributed by atoms with Crippen molar-refractivity contribution in [3.8, 4) is 17.5 Å². The standard InChI is InChI=1S/C14H17N3O2/c1-9-6-10(2)17-14(16-9)19-12-5-4-11(8-15)7-13(12)18-3/h4-7H,8,15H2,1-3H3. The highest BCUT2D eigenvalue weighted by Crippen LogP contribution is 2.31. The van der Waals surface area contributed by atoms with E-state index in [0.29, 0.717) is 24.1 Å². The summed E-state index contributed by atoms with van der Waals surface area (Å²) in [6.07, 6.45) is 0. The van der Waals surface area contributed by atoms with Crippen LogP contribution in [-0.4, -0.2) is 17.1 Å². The van der Waals surface area contributed by atoms with Gasteiger partial charge in [0.25, 0.3) is 0 Å². The van der Waals surface area contributed by atoms with Gasteiger partial charge >= 0.3 is 6.01 Å². The minimum absolute atomic E-state index is 0.316. The average molecular weight is 259 g/mol. The Morgan fingerprint density at radius 3 is 2.32 bits per heavy atom. The van der Waals surface area contributed by atoms with Gasteiger partial charge in [-0.15, -0.1) is 0 Å². The van der Waals surface area contributed by atoms with Crippen molar-refractivity contribution in [2.75, 3.05) is 7.11 Å². The molecule has 0 fully saturated rings. The second-order valence-corrected chi connectivity index (χ2v) is 4.22. The fraction of sp³-hybridized carbons (Fsp3) is 0.286. The van der Waals surface area contributed by atoms with E-state index in [1.54, 1.807) is 7.11 Å². The third-order valence-electron chi connectivity index (χ3n) is 2.63. The molecule has 5 heteroatoms. The number of hydrogen-bond acceptors (Lipinski definition) is 5. The maximum absolute atomic E-state index is 5.67.